The van der Waals surface area contributed by atoms with Crippen LogP contribution in [0.15, 0.2) is 29.0 Å². The molecule has 1 aromatic heterocycles. The number of aromatic nitrogens is 1. The molecule has 1 aromatic carbocycles. The fourth-order valence-corrected chi connectivity index (χ4v) is 3.29. The number of oxazole rings is 1. The number of hydrogen-bond acceptors (Lipinski definition) is 4. The highest BCUT2D eigenvalue weighted by atomic mass is 16.3. The van der Waals surface area contributed by atoms with Crippen LogP contribution in [0.5, 0.6) is 0 Å². The van der Waals surface area contributed by atoms with E-state index in [0.29, 0.717) is 5.92 Å². The van der Waals surface area contributed by atoms with E-state index in [1.165, 1.54) is 16.8 Å². The van der Waals surface area contributed by atoms with E-state index >= 15 is 0 Å². The predicted octanol–water partition coefficient (Wildman–Crippen LogP) is 3.74. The summed E-state index contributed by atoms with van der Waals surface area (Å²) in [6, 6.07) is 6.72. The first-order valence-corrected chi connectivity index (χ1v) is 8.51. The van der Waals surface area contributed by atoms with E-state index in [4.69, 9.17) is 4.42 Å². The molecule has 4 heteroatoms. The maximum atomic E-state index is 5.54. The Morgan fingerprint density at radius 2 is 1.87 bits per heavy atom. The summed E-state index contributed by atoms with van der Waals surface area (Å²) in [5, 5.41) is 0. The fraction of sp³-hybridized carbons (Fsp3) is 0.526. The Hall–Kier alpha value is -1.81. The van der Waals surface area contributed by atoms with Gasteiger partial charge in [-0.05, 0) is 31.0 Å². The van der Waals surface area contributed by atoms with Crippen molar-refractivity contribution in [1.82, 2.24) is 9.88 Å². The third-order valence-corrected chi connectivity index (χ3v) is 4.65. The van der Waals surface area contributed by atoms with Crippen LogP contribution >= 0.6 is 0 Å². The van der Waals surface area contributed by atoms with Gasteiger partial charge in [0.1, 0.15) is 5.76 Å². The zero-order chi connectivity index (χ0) is 16.4. The highest BCUT2D eigenvalue weighted by molar-refractivity contribution is 5.55. The molecule has 0 aliphatic carbocycles. The minimum Gasteiger partial charge on any atom is -0.448 e. The summed E-state index contributed by atoms with van der Waals surface area (Å²) in [7, 11) is 0. The zero-order valence-corrected chi connectivity index (χ0v) is 14.7. The minimum atomic E-state index is 0.392. The Balaban J connectivity index is 1.62. The van der Waals surface area contributed by atoms with Crippen molar-refractivity contribution in [2.45, 2.75) is 40.2 Å². The molecule has 0 N–H and O–H groups in total. The first-order chi connectivity index (χ1) is 11.0. The molecule has 0 radical (unpaired) electrons. The van der Waals surface area contributed by atoms with Crippen molar-refractivity contribution in [2.75, 3.05) is 31.1 Å². The van der Waals surface area contributed by atoms with Gasteiger partial charge in [0.15, 0.2) is 6.39 Å². The first-order valence-electron chi connectivity index (χ1n) is 8.51. The number of piperazine rings is 1. The van der Waals surface area contributed by atoms with Gasteiger partial charge in [-0.2, -0.15) is 0 Å². The molecule has 1 saturated heterocycles. The minimum absolute atomic E-state index is 0.392. The molecule has 1 aliphatic rings. The molecule has 0 unspecified atom stereocenters. The summed E-state index contributed by atoms with van der Waals surface area (Å²) in [6.07, 6.45) is 1.58. The number of aryl methyl sites for hydroxylation is 2. The van der Waals surface area contributed by atoms with E-state index < -0.39 is 0 Å². The predicted molar refractivity (Wildman–Crippen MR) is 94.0 cm³/mol. The quantitative estimate of drug-likeness (QED) is 0.861. The molecule has 3 rings (SSSR count). The van der Waals surface area contributed by atoms with Crippen LogP contribution in [0.1, 0.15) is 42.3 Å². The van der Waals surface area contributed by atoms with E-state index in [0.717, 1.165) is 44.2 Å². The highest BCUT2D eigenvalue weighted by Crippen LogP contribution is 2.24. The van der Waals surface area contributed by atoms with Gasteiger partial charge in [-0.25, -0.2) is 4.98 Å². The van der Waals surface area contributed by atoms with Gasteiger partial charge in [0, 0.05) is 44.3 Å². The first kappa shape index (κ1) is 16.1. The van der Waals surface area contributed by atoms with Crippen molar-refractivity contribution >= 4 is 5.69 Å². The average molecular weight is 313 g/mol. The van der Waals surface area contributed by atoms with Gasteiger partial charge in [-0.1, -0.05) is 26.0 Å². The smallest absolute Gasteiger partial charge is 0.181 e. The van der Waals surface area contributed by atoms with Crippen molar-refractivity contribution in [3.05, 3.63) is 47.2 Å². The second-order valence-electron chi connectivity index (χ2n) is 6.87. The number of rotatable bonds is 4. The van der Waals surface area contributed by atoms with Gasteiger partial charge >= 0.3 is 0 Å². The lowest BCUT2D eigenvalue weighted by atomic mass is 10.1. The van der Waals surface area contributed by atoms with E-state index in [-0.39, 0.29) is 0 Å². The number of benzene rings is 1. The third kappa shape index (κ3) is 3.58. The van der Waals surface area contributed by atoms with Crippen LogP contribution in [0.25, 0.3) is 0 Å². The molecular formula is C19H27N3O. The molecule has 23 heavy (non-hydrogen) atoms. The average Bonchev–Trinajstić information content (AvgIpc) is 2.99. The van der Waals surface area contributed by atoms with Gasteiger partial charge in [-0.3, -0.25) is 4.90 Å². The Labute approximate surface area is 139 Å². The summed E-state index contributed by atoms with van der Waals surface area (Å²) in [5.41, 5.74) is 5.17. The summed E-state index contributed by atoms with van der Waals surface area (Å²) < 4.78 is 5.54. The molecule has 0 atom stereocenters. The Kier molecular flexibility index (Phi) is 4.71. The molecule has 0 saturated carbocycles. The summed E-state index contributed by atoms with van der Waals surface area (Å²) in [5.74, 6) is 1.42. The molecule has 0 bridgehead atoms. The van der Waals surface area contributed by atoms with Gasteiger partial charge < -0.3 is 9.32 Å². The molecule has 0 amide bonds. The van der Waals surface area contributed by atoms with Crippen LogP contribution in [0.2, 0.25) is 0 Å². The van der Waals surface area contributed by atoms with Gasteiger partial charge in [-0.15, -0.1) is 0 Å². The van der Waals surface area contributed by atoms with Gasteiger partial charge in [0.25, 0.3) is 0 Å². The molecule has 0 spiro atoms. The standard InChI is InChI=1S/C19H27N3O/c1-14(2)19-17(20-13-23-19)12-21-7-9-22(10-8-21)18-11-15(3)5-6-16(18)4/h5-6,11,13-14H,7-10,12H2,1-4H3. The van der Waals surface area contributed by atoms with Crippen molar-refractivity contribution in [3.63, 3.8) is 0 Å². The zero-order valence-electron chi connectivity index (χ0n) is 14.7. The van der Waals surface area contributed by atoms with Crippen LogP contribution < -0.4 is 4.90 Å². The maximum Gasteiger partial charge on any atom is 0.181 e. The summed E-state index contributed by atoms with van der Waals surface area (Å²) >= 11 is 0. The second kappa shape index (κ2) is 6.75. The van der Waals surface area contributed by atoms with Crippen molar-refractivity contribution in [3.8, 4) is 0 Å². The molecule has 2 heterocycles. The largest absolute Gasteiger partial charge is 0.448 e. The lowest BCUT2D eigenvalue weighted by molar-refractivity contribution is 0.245. The van der Waals surface area contributed by atoms with E-state index in [9.17, 15) is 0 Å². The molecular weight excluding hydrogens is 286 g/mol. The summed E-state index contributed by atoms with van der Waals surface area (Å²) in [4.78, 5) is 9.39. The van der Waals surface area contributed by atoms with Crippen LogP contribution in [-0.2, 0) is 6.54 Å². The number of hydrogen-bond donors (Lipinski definition) is 0. The lowest BCUT2D eigenvalue weighted by Crippen LogP contribution is -2.46. The van der Waals surface area contributed by atoms with E-state index in [2.05, 4.69) is 60.7 Å². The van der Waals surface area contributed by atoms with Crippen LogP contribution in [0.3, 0.4) is 0 Å². The number of anilines is 1. The van der Waals surface area contributed by atoms with Gasteiger partial charge in [0.05, 0.1) is 5.69 Å². The Morgan fingerprint density at radius 3 is 2.57 bits per heavy atom. The molecule has 1 fully saturated rings. The number of nitrogens with zero attached hydrogens (tertiary/aromatic N) is 3. The maximum absolute atomic E-state index is 5.54. The molecule has 1 aliphatic heterocycles. The molecule has 124 valence electrons. The van der Waals surface area contributed by atoms with Crippen LogP contribution in [-0.4, -0.2) is 36.1 Å². The highest BCUT2D eigenvalue weighted by Gasteiger charge is 2.21. The second-order valence-corrected chi connectivity index (χ2v) is 6.87. The normalized spacial score (nSPS) is 16.3. The van der Waals surface area contributed by atoms with Crippen LogP contribution in [0, 0.1) is 13.8 Å². The lowest BCUT2D eigenvalue weighted by Gasteiger charge is -2.36. The monoisotopic (exact) mass is 313 g/mol. The Bertz CT molecular complexity index is 654. The summed E-state index contributed by atoms with van der Waals surface area (Å²) in [6.45, 7) is 13.8. The molecule has 4 nitrogen and oxygen atoms in total. The van der Waals surface area contributed by atoms with E-state index in [1.54, 1.807) is 6.39 Å². The fourth-order valence-electron chi connectivity index (χ4n) is 3.29. The van der Waals surface area contributed by atoms with Crippen molar-refractivity contribution in [1.29, 1.82) is 0 Å². The van der Waals surface area contributed by atoms with Crippen LogP contribution in [0.4, 0.5) is 5.69 Å². The van der Waals surface area contributed by atoms with Crippen molar-refractivity contribution < 1.29 is 4.42 Å². The van der Waals surface area contributed by atoms with Gasteiger partial charge in [0.2, 0.25) is 0 Å². The Morgan fingerprint density at radius 1 is 1.13 bits per heavy atom. The van der Waals surface area contributed by atoms with Crippen molar-refractivity contribution in [2.24, 2.45) is 0 Å². The molecule has 2 aromatic rings. The topological polar surface area (TPSA) is 32.5 Å². The van der Waals surface area contributed by atoms with E-state index in [1.807, 2.05) is 0 Å². The third-order valence-electron chi connectivity index (χ3n) is 4.65. The SMILES string of the molecule is Cc1ccc(C)c(N2CCN(Cc3ncoc3C(C)C)CC2)c1.